The summed E-state index contributed by atoms with van der Waals surface area (Å²) in [4.78, 5) is 22.9. The van der Waals surface area contributed by atoms with Crippen LogP contribution in [0.25, 0.3) is 0 Å². The van der Waals surface area contributed by atoms with Crippen LogP contribution in [0.15, 0.2) is 24.3 Å². The second-order valence-electron chi connectivity index (χ2n) is 5.55. The summed E-state index contributed by atoms with van der Waals surface area (Å²) in [7, 11) is 0. The van der Waals surface area contributed by atoms with E-state index in [1.54, 1.807) is 6.92 Å². The molecule has 0 aromatic heterocycles. The third-order valence-corrected chi connectivity index (χ3v) is 3.26. The minimum Gasteiger partial charge on any atom is -0.354 e. The van der Waals surface area contributed by atoms with Gasteiger partial charge in [-0.05, 0) is 37.5 Å². The van der Waals surface area contributed by atoms with Gasteiger partial charge >= 0.3 is 0 Å². The lowest BCUT2D eigenvalue weighted by molar-refractivity contribution is -0.126. The first kappa shape index (κ1) is 20.4. The lowest BCUT2D eigenvalue weighted by Crippen LogP contribution is -2.51. The molecule has 0 radical (unpaired) electrons. The lowest BCUT2D eigenvalue weighted by atomic mass is 9.96. The maximum atomic E-state index is 11.9. The Balaban J connectivity index is 0.00000441. The van der Waals surface area contributed by atoms with E-state index < -0.39 is 5.54 Å². The van der Waals surface area contributed by atoms with Crippen molar-refractivity contribution in [2.75, 3.05) is 11.9 Å². The molecule has 1 rings (SSSR count). The molecule has 1 unspecified atom stereocenters. The van der Waals surface area contributed by atoms with E-state index in [4.69, 9.17) is 5.73 Å². The van der Waals surface area contributed by atoms with E-state index in [2.05, 4.69) is 10.6 Å². The van der Waals surface area contributed by atoms with Crippen LogP contribution in [0.1, 0.15) is 39.2 Å². The first-order valence-electron chi connectivity index (χ1n) is 7.29. The fourth-order valence-electron chi connectivity index (χ4n) is 2.11. The van der Waals surface area contributed by atoms with Crippen molar-refractivity contribution in [1.29, 1.82) is 0 Å². The van der Waals surface area contributed by atoms with Crippen molar-refractivity contribution in [2.24, 2.45) is 5.73 Å². The number of anilines is 1. The smallest absolute Gasteiger partial charge is 0.239 e. The van der Waals surface area contributed by atoms with Crippen molar-refractivity contribution < 1.29 is 9.59 Å². The highest BCUT2D eigenvalue weighted by Crippen LogP contribution is 2.11. The summed E-state index contributed by atoms with van der Waals surface area (Å²) in [6.45, 7) is 5.79. The van der Waals surface area contributed by atoms with Crippen LogP contribution in [0, 0.1) is 0 Å². The average Bonchev–Trinajstić information content (AvgIpc) is 2.40. The quantitative estimate of drug-likeness (QED) is 0.718. The molecule has 1 aromatic rings. The third kappa shape index (κ3) is 6.91. The number of amides is 2. The van der Waals surface area contributed by atoms with Gasteiger partial charge in [0.25, 0.3) is 0 Å². The Labute approximate surface area is 138 Å². The van der Waals surface area contributed by atoms with Gasteiger partial charge in [-0.3, -0.25) is 9.59 Å². The second-order valence-corrected chi connectivity index (χ2v) is 5.55. The number of halogens is 1. The Morgan fingerprint density at radius 2 is 1.82 bits per heavy atom. The zero-order valence-electron chi connectivity index (χ0n) is 13.4. The Morgan fingerprint density at radius 3 is 2.32 bits per heavy atom. The molecular weight excluding hydrogens is 302 g/mol. The van der Waals surface area contributed by atoms with Gasteiger partial charge in [0, 0.05) is 19.2 Å². The Hall–Kier alpha value is -1.59. The van der Waals surface area contributed by atoms with Crippen molar-refractivity contribution in [3.63, 3.8) is 0 Å². The normalized spacial score (nSPS) is 12.7. The standard InChI is InChI=1S/C16H25N3O2.ClH/c1-4-10-16(3,17)15(21)18-11-9-13-5-7-14(8-6-13)19-12(2)20;/h5-8H,4,9-11,17H2,1-3H3,(H,18,21)(H,19,20);1H. The maximum Gasteiger partial charge on any atom is 0.239 e. The molecule has 0 spiro atoms. The van der Waals surface area contributed by atoms with E-state index in [-0.39, 0.29) is 24.2 Å². The molecule has 0 saturated carbocycles. The first-order chi connectivity index (χ1) is 9.85. The number of rotatable bonds is 7. The molecule has 1 atom stereocenters. The van der Waals surface area contributed by atoms with E-state index in [9.17, 15) is 9.59 Å². The predicted molar refractivity (Wildman–Crippen MR) is 92.2 cm³/mol. The van der Waals surface area contributed by atoms with Crippen molar-refractivity contribution in [3.8, 4) is 0 Å². The minimum absolute atomic E-state index is 0. The Bertz CT molecular complexity index is 487. The zero-order valence-corrected chi connectivity index (χ0v) is 14.3. The molecule has 5 nitrogen and oxygen atoms in total. The van der Waals surface area contributed by atoms with Crippen molar-refractivity contribution >= 4 is 29.9 Å². The van der Waals surface area contributed by atoms with Crippen LogP contribution in [0.2, 0.25) is 0 Å². The largest absolute Gasteiger partial charge is 0.354 e. The van der Waals surface area contributed by atoms with Gasteiger partial charge in [-0.15, -0.1) is 12.4 Å². The van der Waals surface area contributed by atoms with Crippen LogP contribution in [0.4, 0.5) is 5.69 Å². The number of carbonyl (C=O) groups is 2. The van der Waals surface area contributed by atoms with Gasteiger partial charge in [-0.2, -0.15) is 0 Å². The van der Waals surface area contributed by atoms with E-state index in [1.807, 2.05) is 31.2 Å². The number of benzene rings is 1. The van der Waals surface area contributed by atoms with Gasteiger partial charge in [0.1, 0.15) is 0 Å². The van der Waals surface area contributed by atoms with E-state index in [0.29, 0.717) is 13.0 Å². The molecule has 2 amide bonds. The number of carbonyl (C=O) groups excluding carboxylic acids is 2. The molecule has 0 heterocycles. The average molecular weight is 328 g/mol. The summed E-state index contributed by atoms with van der Waals surface area (Å²) in [6.07, 6.45) is 2.28. The van der Waals surface area contributed by atoms with Crippen molar-refractivity contribution in [3.05, 3.63) is 29.8 Å². The van der Waals surface area contributed by atoms with Crippen LogP contribution < -0.4 is 16.4 Å². The maximum absolute atomic E-state index is 11.9. The predicted octanol–water partition coefficient (Wildman–Crippen LogP) is 2.24. The number of hydrogen-bond acceptors (Lipinski definition) is 3. The van der Waals surface area contributed by atoms with Crippen LogP contribution in [0.3, 0.4) is 0 Å². The van der Waals surface area contributed by atoms with Gasteiger partial charge in [-0.1, -0.05) is 25.5 Å². The van der Waals surface area contributed by atoms with Crippen molar-refractivity contribution in [1.82, 2.24) is 5.32 Å². The highest BCUT2D eigenvalue weighted by molar-refractivity contribution is 5.88. The highest BCUT2D eigenvalue weighted by Gasteiger charge is 2.26. The summed E-state index contributed by atoms with van der Waals surface area (Å²) in [5.74, 6) is -0.201. The van der Waals surface area contributed by atoms with Crippen LogP contribution in [0.5, 0.6) is 0 Å². The zero-order chi connectivity index (χ0) is 15.9. The molecule has 124 valence electrons. The SMILES string of the molecule is CCCC(C)(N)C(=O)NCCc1ccc(NC(C)=O)cc1.Cl. The number of nitrogens with one attached hydrogen (secondary N) is 2. The molecule has 4 N–H and O–H groups in total. The summed E-state index contributed by atoms with van der Waals surface area (Å²) >= 11 is 0. The molecule has 6 heteroatoms. The molecular formula is C16H26ClN3O2. The number of nitrogens with two attached hydrogens (primary N) is 1. The topological polar surface area (TPSA) is 84.2 Å². The molecule has 0 aliphatic carbocycles. The van der Waals surface area contributed by atoms with Gasteiger partial charge in [0.15, 0.2) is 0 Å². The highest BCUT2D eigenvalue weighted by atomic mass is 35.5. The van der Waals surface area contributed by atoms with Gasteiger partial charge < -0.3 is 16.4 Å². The summed E-state index contributed by atoms with van der Waals surface area (Å²) in [6, 6.07) is 7.57. The first-order valence-corrected chi connectivity index (χ1v) is 7.29. The van der Waals surface area contributed by atoms with Crippen LogP contribution >= 0.6 is 12.4 Å². The Morgan fingerprint density at radius 1 is 1.23 bits per heavy atom. The van der Waals surface area contributed by atoms with E-state index in [1.165, 1.54) is 6.92 Å². The second kappa shape index (κ2) is 9.43. The van der Waals surface area contributed by atoms with Gasteiger partial charge in [-0.25, -0.2) is 0 Å². The van der Waals surface area contributed by atoms with Gasteiger partial charge in [0.05, 0.1) is 5.54 Å². The van der Waals surface area contributed by atoms with E-state index >= 15 is 0 Å². The monoisotopic (exact) mass is 327 g/mol. The summed E-state index contributed by atoms with van der Waals surface area (Å²) in [5, 5.41) is 5.58. The van der Waals surface area contributed by atoms with Crippen LogP contribution in [-0.4, -0.2) is 23.9 Å². The molecule has 0 fully saturated rings. The fraction of sp³-hybridized carbons (Fsp3) is 0.500. The molecule has 0 aliphatic heterocycles. The molecule has 0 bridgehead atoms. The molecule has 22 heavy (non-hydrogen) atoms. The van der Waals surface area contributed by atoms with Gasteiger partial charge in [0.2, 0.25) is 11.8 Å². The fourth-order valence-corrected chi connectivity index (χ4v) is 2.11. The van der Waals surface area contributed by atoms with Crippen LogP contribution in [-0.2, 0) is 16.0 Å². The van der Waals surface area contributed by atoms with Crippen molar-refractivity contribution in [2.45, 2.75) is 45.6 Å². The number of hydrogen-bond donors (Lipinski definition) is 3. The third-order valence-electron chi connectivity index (χ3n) is 3.26. The molecule has 0 aliphatic rings. The summed E-state index contributed by atoms with van der Waals surface area (Å²) < 4.78 is 0. The molecule has 1 aromatic carbocycles. The lowest BCUT2D eigenvalue weighted by Gasteiger charge is -2.22. The Kier molecular flexibility index (Phi) is 8.75. The molecule has 0 saturated heterocycles. The summed E-state index contributed by atoms with van der Waals surface area (Å²) in [5.41, 5.74) is 7.03. The van der Waals surface area contributed by atoms with E-state index in [0.717, 1.165) is 24.1 Å². The minimum atomic E-state index is -0.802.